The molecular weight excluding hydrogens is 375 g/mol. The zero-order chi connectivity index (χ0) is 18.9. The van der Waals surface area contributed by atoms with Gasteiger partial charge >= 0.3 is 0 Å². The fourth-order valence-corrected chi connectivity index (χ4v) is 2.92. The average molecular weight is 401 g/mol. The van der Waals surface area contributed by atoms with Gasteiger partial charge in [-0.05, 0) is 49.9 Å². The number of aliphatic hydroxyl groups excluding tert-OH is 1. The normalized spacial score (nSPS) is 15.5. The van der Waals surface area contributed by atoms with E-state index in [0.29, 0.717) is 47.1 Å². The number of carbonyl (C=O) groups is 1. The predicted octanol–water partition coefficient (Wildman–Crippen LogP) is 2.64. The standard InChI is InChI=1S/C18H26Cl2N4O2/c1-2-21-18(22-7-3-4-17(26)24-15-5-6-15)23-11-16(25)12-8-13(19)10-14(20)9-12/h8-10,15-16,25H,2-7,11H2,1H3,(H,24,26)(H2,21,22,23). The Kier molecular flexibility index (Phi) is 8.48. The molecule has 0 bridgehead atoms. The summed E-state index contributed by atoms with van der Waals surface area (Å²) in [6.45, 7) is 3.47. The van der Waals surface area contributed by atoms with Crippen LogP contribution < -0.4 is 16.0 Å². The van der Waals surface area contributed by atoms with Gasteiger partial charge in [-0.2, -0.15) is 0 Å². The van der Waals surface area contributed by atoms with E-state index in [-0.39, 0.29) is 12.5 Å². The summed E-state index contributed by atoms with van der Waals surface area (Å²) in [5.41, 5.74) is 0.624. The van der Waals surface area contributed by atoms with Crippen molar-refractivity contribution in [3.63, 3.8) is 0 Å². The molecule has 4 N–H and O–H groups in total. The highest BCUT2D eigenvalue weighted by Gasteiger charge is 2.22. The number of amides is 1. The Labute approximate surface area is 164 Å². The maximum atomic E-state index is 11.7. The Morgan fingerprint density at radius 1 is 1.27 bits per heavy atom. The molecule has 1 aromatic rings. The maximum Gasteiger partial charge on any atom is 0.220 e. The van der Waals surface area contributed by atoms with Gasteiger partial charge in [0.1, 0.15) is 0 Å². The average Bonchev–Trinajstić information content (AvgIpc) is 3.39. The number of hydrogen-bond acceptors (Lipinski definition) is 3. The van der Waals surface area contributed by atoms with Crippen LogP contribution in [0.5, 0.6) is 0 Å². The first-order chi connectivity index (χ1) is 12.5. The number of aliphatic hydroxyl groups is 1. The maximum absolute atomic E-state index is 11.7. The molecular formula is C18H26Cl2N4O2. The molecule has 1 aromatic carbocycles. The Morgan fingerprint density at radius 2 is 1.96 bits per heavy atom. The number of rotatable bonds is 9. The minimum Gasteiger partial charge on any atom is -0.386 e. The van der Waals surface area contributed by atoms with Gasteiger partial charge in [0.15, 0.2) is 5.96 Å². The van der Waals surface area contributed by atoms with Gasteiger partial charge in [0.2, 0.25) is 5.91 Å². The summed E-state index contributed by atoms with van der Waals surface area (Å²) in [6.07, 6.45) is 2.61. The smallest absolute Gasteiger partial charge is 0.220 e. The third-order valence-corrected chi connectivity index (χ3v) is 4.29. The molecule has 1 fully saturated rings. The van der Waals surface area contributed by atoms with E-state index < -0.39 is 6.10 Å². The van der Waals surface area contributed by atoms with Gasteiger partial charge in [-0.3, -0.25) is 9.79 Å². The molecule has 0 radical (unpaired) electrons. The highest BCUT2D eigenvalue weighted by Crippen LogP contribution is 2.23. The molecule has 0 saturated heterocycles. The van der Waals surface area contributed by atoms with Crippen molar-refractivity contribution in [3.8, 4) is 0 Å². The SMILES string of the molecule is CCNC(=NCC(O)c1cc(Cl)cc(Cl)c1)NCCCC(=O)NC1CC1. The van der Waals surface area contributed by atoms with Crippen LogP contribution in [0, 0.1) is 0 Å². The summed E-state index contributed by atoms with van der Waals surface area (Å²) in [5.74, 6) is 0.701. The van der Waals surface area contributed by atoms with E-state index >= 15 is 0 Å². The third kappa shape index (κ3) is 7.81. The van der Waals surface area contributed by atoms with E-state index in [9.17, 15) is 9.90 Å². The lowest BCUT2D eigenvalue weighted by Gasteiger charge is -2.14. The number of nitrogens with zero attached hydrogens (tertiary/aromatic N) is 1. The number of aliphatic imine (C=N–C) groups is 1. The molecule has 1 amide bonds. The molecule has 1 unspecified atom stereocenters. The molecule has 8 heteroatoms. The molecule has 1 aliphatic rings. The van der Waals surface area contributed by atoms with Gasteiger partial charge in [0.25, 0.3) is 0 Å². The van der Waals surface area contributed by atoms with Gasteiger partial charge in [-0.25, -0.2) is 0 Å². The van der Waals surface area contributed by atoms with Crippen LogP contribution in [0.1, 0.15) is 44.3 Å². The lowest BCUT2D eigenvalue weighted by molar-refractivity contribution is -0.121. The monoisotopic (exact) mass is 400 g/mol. The van der Waals surface area contributed by atoms with E-state index in [1.54, 1.807) is 18.2 Å². The van der Waals surface area contributed by atoms with Gasteiger partial charge < -0.3 is 21.1 Å². The van der Waals surface area contributed by atoms with Crippen LogP contribution in [0.2, 0.25) is 10.0 Å². The second-order valence-electron chi connectivity index (χ2n) is 6.31. The number of benzene rings is 1. The number of halogens is 2. The van der Waals surface area contributed by atoms with Gasteiger partial charge in [0, 0.05) is 35.6 Å². The van der Waals surface area contributed by atoms with Crippen molar-refractivity contribution in [2.45, 2.75) is 44.8 Å². The number of hydrogen-bond donors (Lipinski definition) is 4. The van der Waals surface area contributed by atoms with Crippen LogP contribution in [-0.2, 0) is 4.79 Å². The summed E-state index contributed by atoms with van der Waals surface area (Å²) < 4.78 is 0. The van der Waals surface area contributed by atoms with Crippen molar-refractivity contribution in [2.24, 2.45) is 4.99 Å². The molecule has 6 nitrogen and oxygen atoms in total. The summed E-state index contributed by atoms with van der Waals surface area (Å²) in [7, 11) is 0. The number of carbonyl (C=O) groups excluding carboxylic acids is 1. The molecule has 0 heterocycles. The molecule has 2 rings (SSSR count). The van der Waals surface area contributed by atoms with Crippen LogP contribution in [0.3, 0.4) is 0 Å². The zero-order valence-electron chi connectivity index (χ0n) is 14.9. The molecule has 0 aromatic heterocycles. The first-order valence-corrected chi connectivity index (χ1v) is 9.69. The van der Waals surface area contributed by atoms with E-state index in [4.69, 9.17) is 23.2 Å². The molecule has 0 spiro atoms. The second kappa shape index (κ2) is 10.6. The van der Waals surface area contributed by atoms with Crippen molar-refractivity contribution in [1.82, 2.24) is 16.0 Å². The van der Waals surface area contributed by atoms with Crippen LogP contribution in [-0.4, -0.2) is 42.6 Å². The Hall–Kier alpha value is -1.50. The van der Waals surface area contributed by atoms with E-state index in [2.05, 4.69) is 20.9 Å². The molecule has 1 aliphatic carbocycles. The van der Waals surface area contributed by atoms with Crippen molar-refractivity contribution < 1.29 is 9.90 Å². The largest absolute Gasteiger partial charge is 0.386 e. The third-order valence-electron chi connectivity index (χ3n) is 3.85. The minimum atomic E-state index is -0.800. The van der Waals surface area contributed by atoms with Crippen molar-refractivity contribution in [1.29, 1.82) is 0 Å². The summed E-state index contributed by atoms with van der Waals surface area (Å²) in [6, 6.07) is 5.36. The lowest BCUT2D eigenvalue weighted by atomic mass is 10.1. The highest BCUT2D eigenvalue weighted by molar-refractivity contribution is 6.34. The molecule has 1 saturated carbocycles. The van der Waals surface area contributed by atoms with Crippen LogP contribution >= 0.6 is 23.2 Å². The van der Waals surface area contributed by atoms with Crippen LogP contribution in [0.15, 0.2) is 23.2 Å². The topological polar surface area (TPSA) is 85.8 Å². The van der Waals surface area contributed by atoms with Crippen molar-refractivity contribution in [3.05, 3.63) is 33.8 Å². The molecule has 26 heavy (non-hydrogen) atoms. The highest BCUT2D eigenvalue weighted by atomic mass is 35.5. The quantitative estimate of drug-likeness (QED) is 0.291. The first-order valence-electron chi connectivity index (χ1n) is 8.93. The molecule has 1 atom stereocenters. The number of guanidine groups is 1. The Morgan fingerprint density at radius 3 is 2.58 bits per heavy atom. The van der Waals surface area contributed by atoms with Crippen molar-refractivity contribution in [2.75, 3.05) is 19.6 Å². The lowest BCUT2D eigenvalue weighted by Crippen LogP contribution is -2.38. The fraction of sp³-hybridized carbons (Fsp3) is 0.556. The van der Waals surface area contributed by atoms with Gasteiger partial charge in [-0.1, -0.05) is 23.2 Å². The van der Waals surface area contributed by atoms with E-state index in [1.807, 2.05) is 6.92 Å². The summed E-state index contributed by atoms with van der Waals surface area (Å²) >= 11 is 11.9. The zero-order valence-corrected chi connectivity index (χ0v) is 16.4. The number of nitrogens with one attached hydrogen (secondary N) is 3. The fourth-order valence-electron chi connectivity index (χ4n) is 2.38. The van der Waals surface area contributed by atoms with Gasteiger partial charge in [0.05, 0.1) is 12.6 Å². The first kappa shape index (κ1) is 20.8. The predicted molar refractivity (Wildman–Crippen MR) is 106 cm³/mol. The Balaban J connectivity index is 1.78. The van der Waals surface area contributed by atoms with Crippen molar-refractivity contribution >= 4 is 35.1 Å². The minimum absolute atomic E-state index is 0.101. The Bertz CT molecular complexity index is 615. The van der Waals surface area contributed by atoms with E-state index in [0.717, 1.165) is 19.3 Å². The second-order valence-corrected chi connectivity index (χ2v) is 7.18. The van der Waals surface area contributed by atoms with Gasteiger partial charge in [-0.15, -0.1) is 0 Å². The summed E-state index contributed by atoms with van der Waals surface area (Å²) in [4.78, 5) is 16.0. The van der Waals surface area contributed by atoms with E-state index in [1.165, 1.54) is 0 Å². The molecule has 144 valence electrons. The van der Waals surface area contributed by atoms with Crippen LogP contribution in [0.25, 0.3) is 0 Å². The summed E-state index contributed by atoms with van der Waals surface area (Å²) in [5, 5.41) is 20.5. The molecule has 0 aliphatic heterocycles. The van der Waals surface area contributed by atoms with Crippen LogP contribution in [0.4, 0.5) is 0 Å².